The van der Waals surface area contributed by atoms with Crippen molar-refractivity contribution in [1.29, 1.82) is 0 Å². The molecule has 0 spiro atoms. The molecule has 1 saturated heterocycles. The van der Waals surface area contributed by atoms with Crippen molar-refractivity contribution in [3.05, 3.63) is 12.7 Å². The van der Waals surface area contributed by atoms with Crippen LogP contribution in [0.15, 0.2) is 12.7 Å². The van der Waals surface area contributed by atoms with Gasteiger partial charge in [0.1, 0.15) is 0 Å². The lowest BCUT2D eigenvalue weighted by atomic mass is 10.6. The van der Waals surface area contributed by atoms with Crippen LogP contribution >= 0.6 is 12.6 Å². The standard InChI is InChI=1S/C7H14N2S/c1-2-3-9(7-10)6-8-4-5-8/h2,10H,1,3-7H2. The smallest absolute Gasteiger partial charge is 0.0518 e. The van der Waals surface area contributed by atoms with Gasteiger partial charge < -0.3 is 0 Å². The summed E-state index contributed by atoms with van der Waals surface area (Å²) in [6, 6.07) is 0. The largest absolute Gasteiger partial charge is 0.288 e. The molecule has 0 radical (unpaired) electrons. The fourth-order valence-corrected chi connectivity index (χ4v) is 1.04. The second-order valence-corrected chi connectivity index (χ2v) is 2.83. The van der Waals surface area contributed by atoms with Crippen LogP contribution in [-0.2, 0) is 0 Å². The van der Waals surface area contributed by atoms with Gasteiger partial charge in [-0.05, 0) is 0 Å². The molecule has 0 aromatic carbocycles. The Hall–Kier alpha value is 0.01000. The molecule has 0 aliphatic carbocycles. The molecular formula is C7H14N2S. The van der Waals surface area contributed by atoms with Crippen LogP contribution in [0.4, 0.5) is 0 Å². The van der Waals surface area contributed by atoms with Crippen molar-refractivity contribution in [3.63, 3.8) is 0 Å². The predicted octanol–water partition coefficient (Wildman–Crippen LogP) is 0.635. The molecular weight excluding hydrogens is 144 g/mol. The number of nitrogens with zero attached hydrogens (tertiary/aromatic N) is 2. The van der Waals surface area contributed by atoms with Gasteiger partial charge in [-0.1, -0.05) is 6.08 Å². The predicted molar refractivity (Wildman–Crippen MR) is 47.2 cm³/mol. The molecule has 0 atom stereocenters. The maximum atomic E-state index is 4.20. The third kappa shape index (κ3) is 2.73. The summed E-state index contributed by atoms with van der Waals surface area (Å²) in [4.78, 5) is 4.60. The summed E-state index contributed by atoms with van der Waals surface area (Å²) in [6.07, 6.45) is 1.92. The minimum absolute atomic E-state index is 0.822. The molecule has 58 valence electrons. The lowest BCUT2D eigenvalue weighted by Gasteiger charge is -2.17. The molecule has 0 unspecified atom stereocenters. The van der Waals surface area contributed by atoms with Crippen molar-refractivity contribution in [3.8, 4) is 0 Å². The molecule has 0 saturated carbocycles. The fraction of sp³-hybridized carbons (Fsp3) is 0.714. The molecule has 3 heteroatoms. The molecule has 0 aromatic rings. The molecule has 0 bridgehead atoms. The molecule has 1 fully saturated rings. The van der Waals surface area contributed by atoms with Gasteiger partial charge in [0.05, 0.1) is 6.67 Å². The second kappa shape index (κ2) is 4.01. The molecule has 0 amide bonds. The summed E-state index contributed by atoms with van der Waals surface area (Å²) < 4.78 is 0. The van der Waals surface area contributed by atoms with Crippen LogP contribution in [0.1, 0.15) is 0 Å². The highest BCUT2D eigenvalue weighted by Crippen LogP contribution is 2.05. The Balaban J connectivity index is 2.11. The Morgan fingerprint density at radius 2 is 2.30 bits per heavy atom. The van der Waals surface area contributed by atoms with Crippen LogP contribution in [0.5, 0.6) is 0 Å². The van der Waals surface area contributed by atoms with Gasteiger partial charge in [-0.3, -0.25) is 9.80 Å². The second-order valence-electron chi connectivity index (χ2n) is 2.54. The highest BCUT2D eigenvalue weighted by atomic mass is 32.1. The van der Waals surface area contributed by atoms with E-state index in [1.54, 1.807) is 0 Å². The molecule has 1 aliphatic heterocycles. The quantitative estimate of drug-likeness (QED) is 0.271. The molecule has 2 nitrogen and oxygen atoms in total. The van der Waals surface area contributed by atoms with E-state index >= 15 is 0 Å². The summed E-state index contributed by atoms with van der Waals surface area (Å²) >= 11 is 4.20. The molecule has 1 aliphatic rings. The molecule has 1 rings (SSSR count). The zero-order valence-corrected chi connectivity index (χ0v) is 7.06. The van der Waals surface area contributed by atoms with E-state index in [9.17, 15) is 0 Å². The summed E-state index contributed by atoms with van der Waals surface area (Å²) in [7, 11) is 0. The Morgan fingerprint density at radius 3 is 2.70 bits per heavy atom. The maximum absolute atomic E-state index is 4.20. The van der Waals surface area contributed by atoms with Crippen molar-refractivity contribution in [1.82, 2.24) is 9.80 Å². The molecule has 1 heterocycles. The van der Waals surface area contributed by atoms with Crippen LogP contribution in [-0.4, -0.2) is 42.0 Å². The first-order valence-electron chi connectivity index (χ1n) is 3.53. The van der Waals surface area contributed by atoms with Crippen LogP contribution in [0, 0.1) is 0 Å². The van der Waals surface area contributed by atoms with Crippen LogP contribution in [0.3, 0.4) is 0 Å². The van der Waals surface area contributed by atoms with Crippen molar-refractivity contribution in [2.24, 2.45) is 0 Å². The number of hydrogen-bond acceptors (Lipinski definition) is 3. The Kier molecular flexibility index (Phi) is 3.25. The highest BCUT2D eigenvalue weighted by molar-refractivity contribution is 7.80. The lowest BCUT2D eigenvalue weighted by Crippen LogP contribution is -2.28. The van der Waals surface area contributed by atoms with Gasteiger partial charge >= 0.3 is 0 Å². The Bertz CT molecular complexity index is 112. The van der Waals surface area contributed by atoms with Crippen LogP contribution in [0.25, 0.3) is 0 Å². The Labute approximate surface area is 67.9 Å². The fourth-order valence-electron chi connectivity index (χ4n) is 0.838. The zero-order chi connectivity index (χ0) is 7.40. The van der Waals surface area contributed by atoms with Gasteiger partial charge in [0.15, 0.2) is 0 Å². The number of thiol groups is 1. The SMILES string of the molecule is C=CCN(CS)CN1CC1. The van der Waals surface area contributed by atoms with E-state index in [4.69, 9.17) is 0 Å². The first-order chi connectivity index (χ1) is 4.86. The molecule has 10 heavy (non-hydrogen) atoms. The van der Waals surface area contributed by atoms with Crippen LogP contribution in [0.2, 0.25) is 0 Å². The van der Waals surface area contributed by atoms with Crippen molar-refractivity contribution in [2.75, 3.05) is 32.2 Å². The average molecular weight is 158 g/mol. The van der Waals surface area contributed by atoms with E-state index in [-0.39, 0.29) is 0 Å². The third-order valence-electron chi connectivity index (χ3n) is 1.53. The van der Waals surface area contributed by atoms with E-state index < -0.39 is 0 Å². The van der Waals surface area contributed by atoms with Crippen molar-refractivity contribution < 1.29 is 0 Å². The van der Waals surface area contributed by atoms with E-state index in [0.717, 1.165) is 19.1 Å². The van der Waals surface area contributed by atoms with Crippen molar-refractivity contribution >= 4 is 12.6 Å². The summed E-state index contributed by atoms with van der Waals surface area (Å²) in [5.41, 5.74) is 0. The summed E-state index contributed by atoms with van der Waals surface area (Å²) in [6.45, 7) is 8.18. The van der Waals surface area contributed by atoms with E-state index in [2.05, 4.69) is 29.0 Å². The highest BCUT2D eigenvalue weighted by Gasteiger charge is 2.18. The van der Waals surface area contributed by atoms with E-state index in [0.29, 0.717) is 0 Å². The zero-order valence-electron chi connectivity index (χ0n) is 6.16. The summed E-state index contributed by atoms with van der Waals surface area (Å²) in [5, 5.41) is 0. The van der Waals surface area contributed by atoms with Crippen molar-refractivity contribution in [2.45, 2.75) is 0 Å². The van der Waals surface area contributed by atoms with Gasteiger partial charge in [0.25, 0.3) is 0 Å². The molecule has 0 aromatic heterocycles. The minimum Gasteiger partial charge on any atom is -0.288 e. The minimum atomic E-state index is 0.822. The van der Waals surface area contributed by atoms with Gasteiger partial charge in [-0.2, -0.15) is 12.6 Å². The first kappa shape index (κ1) is 8.11. The summed E-state index contributed by atoms with van der Waals surface area (Å²) in [5.74, 6) is 0.822. The normalized spacial score (nSPS) is 17.8. The Morgan fingerprint density at radius 1 is 1.60 bits per heavy atom. The number of rotatable bonds is 5. The monoisotopic (exact) mass is 158 g/mol. The third-order valence-corrected chi connectivity index (χ3v) is 1.93. The average Bonchev–Trinajstić information content (AvgIpc) is 2.71. The van der Waals surface area contributed by atoms with Gasteiger partial charge in [0.2, 0.25) is 0 Å². The topological polar surface area (TPSA) is 6.25 Å². The van der Waals surface area contributed by atoms with Gasteiger partial charge in [0, 0.05) is 25.5 Å². The van der Waals surface area contributed by atoms with Gasteiger partial charge in [-0.15, -0.1) is 6.58 Å². The van der Waals surface area contributed by atoms with E-state index in [1.807, 2.05) is 6.08 Å². The van der Waals surface area contributed by atoms with E-state index in [1.165, 1.54) is 13.1 Å². The maximum Gasteiger partial charge on any atom is 0.0518 e. The number of hydrogen-bond donors (Lipinski definition) is 1. The first-order valence-corrected chi connectivity index (χ1v) is 4.16. The van der Waals surface area contributed by atoms with Gasteiger partial charge in [-0.25, -0.2) is 0 Å². The lowest BCUT2D eigenvalue weighted by molar-refractivity contribution is 0.272. The molecule has 0 N–H and O–H groups in total. The van der Waals surface area contributed by atoms with Crippen LogP contribution < -0.4 is 0 Å².